The fourth-order valence-electron chi connectivity index (χ4n) is 8.14. The highest BCUT2D eigenvalue weighted by Gasteiger charge is 2.19. The minimum absolute atomic E-state index is 0.201. The lowest BCUT2D eigenvalue weighted by Gasteiger charge is -2.26. The van der Waals surface area contributed by atoms with Gasteiger partial charge in [-0.25, -0.2) is 19.8 Å². The maximum absolute atomic E-state index is 10.5. The Balaban J connectivity index is -0.000000306. The van der Waals surface area contributed by atoms with Crippen molar-refractivity contribution in [3.8, 4) is 0 Å². The van der Waals surface area contributed by atoms with E-state index in [1.807, 2.05) is 16.7 Å². The van der Waals surface area contributed by atoms with Crippen LogP contribution in [0.2, 0.25) is 0 Å². The van der Waals surface area contributed by atoms with Gasteiger partial charge in [0.25, 0.3) is 0 Å². The van der Waals surface area contributed by atoms with Gasteiger partial charge < -0.3 is 191 Å². The summed E-state index contributed by atoms with van der Waals surface area (Å²) in [4.78, 5) is 144. The first-order valence-corrected chi connectivity index (χ1v) is 38.0. The zero-order valence-electron chi connectivity index (χ0n) is 69.5. The van der Waals surface area contributed by atoms with Gasteiger partial charge in [0.05, 0.1) is 24.8 Å². The fourth-order valence-corrected chi connectivity index (χ4v) is 8.14. The van der Waals surface area contributed by atoms with E-state index in [1.165, 1.54) is 6.92 Å². The zero-order chi connectivity index (χ0) is 94.0. The Morgan fingerprint density at radius 3 is 1.07 bits per heavy atom. The molecule has 698 valence electrons. The minimum Gasteiger partial charge on any atom is -0.480 e. The average molecular weight is 1740 g/mol. The van der Waals surface area contributed by atoms with Crippen LogP contribution in [0.5, 0.6) is 0 Å². The maximum Gasteiger partial charge on any atom is 0.328 e. The summed E-state index contributed by atoms with van der Waals surface area (Å²) in [6.45, 7) is 15.6. The van der Waals surface area contributed by atoms with Crippen LogP contribution < -0.4 is 130 Å². The van der Waals surface area contributed by atoms with E-state index >= 15 is 0 Å². The quantitative estimate of drug-likeness (QED) is 0.0153. The van der Waals surface area contributed by atoms with E-state index in [4.69, 9.17) is 154 Å². The van der Waals surface area contributed by atoms with Crippen molar-refractivity contribution in [3.05, 3.63) is 0 Å². The Morgan fingerprint density at radius 1 is 0.430 bits per heavy atom. The van der Waals surface area contributed by atoms with E-state index in [0.717, 1.165) is 122 Å². The molecule has 0 aromatic heterocycles. The topological polar surface area (TPSA) is 1030 Å². The molecule has 0 aromatic rings. The molecule has 0 bridgehead atoms. The number of hydrogen-bond donors (Lipinski definition) is 33. The molecule has 55 nitrogen and oxygen atoms in total. The smallest absolute Gasteiger partial charge is 0.328 e. The van der Waals surface area contributed by atoms with Crippen LogP contribution >= 0.6 is 0 Å². The van der Waals surface area contributed by atoms with Gasteiger partial charge in [0.1, 0.15) is 61.4 Å². The summed E-state index contributed by atoms with van der Waals surface area (Å²) in [6.07, 6.45) is 10.9. The van der Waals surface area contributed by atoms with Crippen LogP contribution in [0, 0.1) is 0 Å². The lowest BCUT2D eigenvalue weighted by Crippen LogP contribution is -2.42. The number of carboxylic acid groups (broad SMARTS) is 10. The molecule has 0 aliphatic carbocycles. The van der Waals surface area contributed by atoms with Crippen molar-refractivity contribution in [2.24, 2.45) is 153 Å². The van der Waals surface area contributed by atoms with Crippen molar-refractivity contribution >= 4 is 119 Å². The van der Waals surface area contributed by atoms with Gasteiger partial charge in [0.15, 0.2) is 47.7 Å². The van der Waals surface area contributed by atoms with Crippen LogP contribution in [0.25, 0.3) is 0 Å². The van der Waals surface area contributed by atoms with E-state index < -0.39 is 108 Å². The van der Waals surface area contributed by atoms with Crippen molar-refractivity contribution in [2.75, 3.05) is 118 Å². The van der Waals surface area contributed by atoms with Crippen LogP contribution in [0.3, 0.4) is 0 Å². The monoisotopic (exact) mass is 1740 g/mol. The summed E-state index contributed by atoms with van der Waals surface area (Å²) < 4.78 is 0. The second-order valence-electron chi connectivity index (χ2n) is 25.6. The molecule has 121 heavy (non-hydrogen) atoms. The molecule has 51 N–H and O–H groups in total. The summed E-state index contributed by atoms with van der Waals surface area (Å²) in [6, 6.07) is -6.25. The molecule has 4 aliphatic heterocycles. The molecule has 4 heterocycles. The second kappa shape index (κ2) is 76.2. The van der Waals surface area contributed by atoms with E-state index in [0.29, 0.717) is 126 Å². The Bertz CT molecular complexity index is 3240. The molecular formula is C66H139N35O20. The van der Waals surface area contributed by atoms with Crippen LogP contribution in [-0.2, 0) is 47.9 Å². The number of amidine groups is 2. The van der Waals surface area contributed by atoms with Crippen molar-refractivity contribution < 1.29 is 99.0 Å². The highest BCUT2D eigenvalue weighted by Crippen LogP contribution is 2.06. The SMILES string of the molecule is CC(N)=NCCCC(N)C(=O)O.CC(N=C(N)N)C(=O)O.CCC(N)=NCCCC(N)C(=O)O.CN=C(N)NCCCC(N)C(=O)O.NC(CCCNC1=NCCCN1)C(=O)O.NC(CCCNC1=NCCN1)C(=O)O.NC(N)=NCC(=O)O.NC(N)=NCC(=O)O.NC1=NCCCN1CCCC(N)C(=O)O.NC1=NCCN1CCCC(N)C(=O)O. The third-order valence-corrected chi connectivity index (χ3v) is 14.9. The Labute approximate surface area is 701 Å². The number of carbonyl (C=O) groups is 10. The largest absolute Gasteiger partial charge is 0.480 e. The van der Waals surface area contributed by atoms with Crippen molar-refractivity contribution in [1.29, 1.82) is 0 Å². The van der Waals surface area contributed by atoms with Crippen LogP contribution in [0.15, 0.2) is 49.9 Å². The predicted octanol–water partition coefficient (Wildman–Crippen LogP) is -10.5. The van der Waals surface area contributed by atoms with Crippen LogP contribution in [0.4, 0.5) is 0 Å². The van der Waals surface area contributed by atoms with Gasteiger partial charge in [0, 0.05) is 98.6 Å². The van der Waals surface area contributed by atoms with Gasteiger partial charge in [-0.2, -0.15) is 0 Å². The number of carboxylic acids is 10. The molecule has 0 radical (unpaired) electrons. The fraction of sp³-hybridized carbons (Fsp3) is 0.697. The second-order valence-corrected chi connectivity index (χ2v) is 25.6. The van der Waals surface area contributed by atoms with Gasteiger partial charge in [-0.3, -0.25) is 78.1 Å². The van der Waals surface area contributed by atoms with Gasteiger partial charge >= 0.3 is 59.7 Å². The van der Waals surface area contributed by atoms with Crippen LogP contribution in [0.1, 0.15) is 130 Å². The Kier molecular flexibility index (Phi) is 75.2. The van der Waals surface area contributed by atoms with Crippen molar-refractivity contribution in [1.82, 2.24) is 36.4 Å². The first-order valence-electron chi connectivity index (χ1n) is 38.0. The number of aliphatic carboxylic acids is 10. The molecule has 4 aliphatic rings. The summed E-state index contributed by atoms with van der Waals surface area (Å²) in [5.41, 5.74) is 93.6. The number of nitrogens with one attached hydrogen (secondary N) is 5. The zero-order valence-corrected chi connectivity index (χ0v) is 69.5. The van der Waals surface area contributed by atoms with Gasteiger partial charge in [-0.15, -0.1) is 0 Å². The molecule has 0 amide bonds. The number of nitrogens with zero attached hydrogens (tertiary/aromatic N) is 12. The van der Waals surface area contributed by atoms with E-state index in [2.05, 4.69) is 76.5 Å². The molecule has 0 spiro atoms. The van der Waals surface area contributed by atoms with E-state index in [9.17, 15) is 47.9 Å². The van der Waals surface area contributed by atoms with Gasteiger partial charge in [0.2, 0.25) is 0 Å². The predicted molar refractivity (Wildman–Crippen MR) is 460 cm³/mol. The van der Waals surface area contributed by atoms with Gasteiger partial charge in [-0.05, 0) is 117 Å². The first kappa shape index (κ1) is 119. The summed E-state index contributed by atoms with van der Waals surface area (Å²) in [5.74, 6) is -6.24. The maximum atomic E-state index is 10.5. The molecule has 0 saturated heterocycles. The summed E-state index contributed by atoms with van der Waals surface area (Å²) in [5, 5.41) is 98.7. The van der Waals surface area contributed by atoms with Gasteiger partial charge in [-0.1, -0.05) is 6.92 Å². The molecule has 0 saturated carbocycles. The summed E-state index contributed by atoms with van der Waals surface area (Å²) >= 11 is 0. The highest BCUT2D eigenvalue weighted by molar-refractivity contribution is 5.84. The van der Waals surface area contributed by atoms with E-state index in [-0.39, 0.29) is 31.0 Å². The molecule has 55 heteroatoms. The minimum atomic E-state index is -1.04. The van der Waals surface area contributed by atoms with Crippen molar-refractivity contribution in [2.45, 2.75) is 178 Å². The third-order valence-electron chi connectivity index (χ3n) is 14.9. The molecule has 4 rings (SSSR count). The molecule has 8 atom stereocenters. The number of aliphatic imine (C=N–C) groups is 10. The molecular weight excluding hydrogens is 1600 g/mol. The third kappa shape index (κ3) is 82.4. The number of guanidine groups is 8. The lowest BCUT2D eigenvalue weighted by molar-refractivity contribution is -0.139. The standard InChI is InChI=1S/2C9H18N4O2.2C8H16N4O2.C8H17N3O2.C7H16N4O2.C7H15N3O2.C4H9N3O2.2C3H7N3O2/c10-7(8(14)15)3-1-5-13-6-2-4-12-9(13)11;10-7(8(14)15)3-1-4-11-9-12-5-2-6-13-9;9-6(7(13)14)2-1-4-12-5-3-11-8(12)10;9-6(7(13)14)2-1-3-10-8-11-4-5-12-8;1-2-7(10)11-5-3-4-6(9)8(12)13;1-10-7(9)11-4-2-3-5(8)6(12)13;1-5(8)10-4-2-3-6(9)7(11)12;1-2(3(8)9)7-4(5)6;2*4-3(5)6-1-2(7)8/h7H,1-6,10H2,(H2,11,12)(H,14,15);7H,1-6,10H2,(H,14,15)(H2,11,12,13);6H,1-5,9H2,(H2,10,11)(H,13,14);6H,1-5,9H2,(H,13,14)(H2,10,11,12);6H,2-5,9H2,1H3,(H2,10,11)(H,12,13);5H,2-4,8H2,1H3,(H,12,13)(H3,9,10,11);6H,2-4,9H2,1H3,(H2,8,10)(H,11,12);2H,1H3,(H,8,9)(H4,5,6,7);2*1H2,(H,7,8)(H4,4,5,6). The number of hydrogen-bond acceptors (Lipinski definition) is 35. The average Bonchev–Trinajstić information content (AvgIpc) is 1.85. The highest BCUT2D eigenvalue weighted by atomic mass is 16.4. The van der Waals surface area contributed by atoms with Crippen LogP contribution in [-0.4, -0.2) is 347 Å². The number of nitrogens with two attached hydrogens (primary N) is 18. The van der Waals surface area contributed by atoms with Crippen molar-refractivity contribution in [3.63, 3.8) is 0 Å². The Morgan fingerprint density at radius 2 is 0.777 bits per heavy atom. The Hall–Kier alpha value is -12.5. The lowest BCUT2D eigenvalue weighted by atomic mass is 10.1. The first-order chi connectivity index (χ1) is 56.6. The molecule has 0 aromatic carbocycles. The number of rotatable bonds is 42. The van der Waals surface area contributed by atoms with E-state index in [1.54, 1.807) is 14.0 Å². The molecule has 8 unspecified atom stereocenters. The molecule has 0 fully saturated rings. The normalized spacial score (nSPS) is 14.9. The summed E-state index contributed by atoms with van der Waals surface area (Å²) in [7, 11) is 1.57.